The molecule has 4 nitrogen and oxygen atoms in total. The van der Waals surface area contributed by atoms with E-state index in [1.165, 1.54) is 0 Å². The molecule has 0 bridgehead atoms. The van der Waals surface area contributed by atoms with E-state index in [9.17, 15) is 4.79 Å². The van der Waals surface area contributed by atoms with Crippen LogP contribution in [0.3, 0.4) is 0 Å². The van der Waals surface area contributed by atoms with Gasteiger partial charge in [-0.1, -0.05) is 55.5 Å². The van der Waals surface area contributed by atoms with Gasteiger partial charge in [-0.05, 0) is 31.0 Å². The molecular weight excluding hydrogens is 292 g/mol. The second kappa shape index (κ2) is 8.96. The van der Waals surface area contributed by atoms with Crippen LogP contribution in [0.25, 0.3) is 0 Å². The van der Waals surface area contributed by atoms with Crippen molar-refractivity contribution < 1.29 is 19.0 Å². The van der Waals surface area contributed by atoms with E-state index in [1.54, 1.807) is 24.3 Å². The summed E-state index contributed by atoms with van der Waals surface area (Å²) in [6.07, 6.45) is -0.130. The molecule has 0 amide bonds. The third-order valence-corrected chi connectivity index (χ3v) is 3.38. The van der Waals surface area contributed by atoms with E-state index in [1.807, 2.05) is 50.2 Å². The fourth-order valence-corrected chi connectivity index (χ4v) is 2.00. The highest BCUT2D eigenvalue weighted by Crippen LogP contribution is 2.14. The Balaban J connectivity index is 1.97. The molecule has 2 unspecified atom stereocenters. The highest BCUT2D eigenvalue weighted by molar-refractivity contribution is 5.63. The predicted octanol–water partition coefficient (Wildman–Crippen LogP) is 4.59. The van der Waals surface area contributed by atoms with Crippen LogP contribution in [0.5, 0.6) is 5.75 Å². The highest BCUT2D eigenvalue weighted by Gasteiger charge is 2.19. The molecule has 0 N–H and O–H groups in total. The number of benzene rings is 2. The molecule has 0 aliphatic carbocycles. The zero-order chi connectivity index (χ0) is 16.5. The van der Waals surface area contributed by atoms with Crippen LogP contribution in [0.1, 0.15) is 25.8 Å². The highest BCUT2D eigenvalue weighted by atomic mass is 16.8. The fourth-order valence-electron chi connectivity index (χ4n) is 2.00. The number of para-hydroxylation sites is 1. The average Bonchev–Trinajstić information content (AvgIpc) is 2.56. The molecule has 2 rings (SSSR count). The molecule has 23 heavy (non-hydrogen) atoms. The molecule has 122 valence electrons. The molecule has 4 heteroatoms. The topological polar surface area (TPSA) is 44.8 Å². The van der Waals surface area contributed by atoms with Gasteiger partial charge in [0, 0.05) is 6.42 Å². The zero-order valence-corrected chi connectivity index (χ0v) is 13.5. The normalized spacial score (nSPS) is 13.1. The lowest BCUT2D eigenvalue weighted by Crippen LogP contribution is -2.29. The third-order valence-electron chi connectivity index (χ3n) is 3.38. The SMILES string of the molecule is CCC(C)OC(Cc1ccccc1)OC(=O)Oc1ccccc1. The summed E-state index contributed by atoms with van der Waals surface area (Å²) in [5.74, 6) is 0.444. The zero-order valence-electron chi connectivity index (χ0n) is 13.5. The van der Waals surface area contributed by atoms with E-state index >= 15 is 0 Å². The summed E-state index contributed by atoms with van der Waals surface area (Å²) in [6, 6.07) is 18.6. The summed E-state index contributed by atoms with van der Waals surface area (Å²) < 4.78 is 16.3. The number of carbonyl (C=O) groups excluding carboxylic acids is 1. The van der Waals surface area contributed by atoms with Crippen LogP contribution < -0.4 is 4.74 Å². The summed E-state index contributed by atoms with van der Waals surface area (Å²) in [5, 5.41) is 0. The Morgan fingerprint density at radius 1 is 1.00 bits per heavy atom. The number of rotatable bonds is 7. The Hall–Kier alpha value is -2.33. The van der Waals surface area contributed by atoms with Crippen LogP contribution >= 0.6 is 0 Å². The molecular formula is C19H22O4. The Morgan fingerprint density at radius 2 is 1.61 bits per heavy atom. The monoisotopic (exact) mass is 314 g/mol. The number of hydrogen-bond donors (Lipinski definition) is 0. The second-order valence-corrected chi connectivity index (χ2v) is 5.26. The Labute approximate surface area is 137 Å². The largest absolute Gasteiger partial charge is 0.516 e. The van der Waals surface area contributed by atoms with Crippen LogP contribution in [0.2, 0.25) is 0 Å². The van der Waals surface area contributed by atoms with Crippen LogP contribution in [0.4, 0.5) is 4.79 Å². The number of carbonyl (C=O) groups is 1. The van der Waals surface area contributed by atoms with Crippen molar-refractivity contribution in [1.29, 1.82) is 0 Å². The van der Waals surface area contributed by atoms with Crippen molar-refractivity contribution >= 4 is 6.16 Å². The van der Waals surface area contributed by atoms with Crippen molar-refractivity contribution in [3.63, 3.8) is 0 Å². The first kappa shape index (κ1) is 17.0. The van der Waals surface area contributed by atoms with Crippen LogP contribution in [0.15, 0.2) is 60.7 Å². The molecule has 2 aromatic carbocycles. The fraction of sp³-hybridized carbons (Fsp3) is 0.316. The van der Waals surface area contributed by atoms with Crippen LogP contribution in [0, 0.1) is 0 Å². The quantitative estimate of drug-likeness (QED) is 0.426. The Morgan fingerprint density at radius 3 is 2.22 bits per heavy atom. The van der Waals surface area contributed by atoms with Crippen molar-refractivity contribution in [2.24, 2.45) is 0 Å². The molecule has 0 fully saturated rings. The molecule has 0 aliphatic heterocycles. The standard InChI is InChI=1S/C19H22O4/c1-3-15(2)21-18(14-16-10-6-4-7-11-16)23-19(20)22-17-12-8-5-9-13-17/h4-13,15,18H,3,14H2,1-2H3. The smallest absolute Gasteiger partial charge is 0.404 e. The van der Waals surface area contributed by atoms with Crippen molar-refractivity contribution in [3.05, 3.63) is 66.2 Å². The maximum atomic E-state index is 12.0. The molecule has 2 atom stereocenters. The summed E-state index contributed by atoms with van der Waals surface area (Å²) in [4.78, 5) is 12.0. The first-order valence-corrected chi connectivity index (χ1v) is 7.80. The second-order valence-electron chi connectivity index (χ2n) is 5.26. The van der Waals surface area contributed by atoms with Crippen molar-refractivity contribution in [3.8, 4) is 5.75 Å². The van der Waals surface area contributed by atoms with Gasteiger partial charge in [-0.2, -0.15) is 0 Å². The van der Waals surface area contributed by atoms with Crippen molar-refractivity contribution in [1.82, 2.24) is 0 Å². The van der Waals surface area contributed by atoms with E-state index in [4.69, 9.17) is 14.2 Å². The van der Waals surface area contributed by atoms with E-state index in [0.29, 0.717) is 12.2 Å². The molecule has 0 saturated heterocycles. The van der Waals surface area contributed by atoms with Gasteiger partial charge in [0.15, 0.2) is 0 Å². The van der Waals surface area contributed by atoms with Gasteiger partial charge in [0.25, 0.3) is 0 Å². The average molecular weight is 314 g/mol. The first-order chi connectivity index (χ1) is 11.2. The van der Waals surface area contributed by atoms with Gasteiger partial charge in [0.05, 0.1) is 6.10 Å². The summed E-state index contributed by atoms with van der Waals surface area (Å²) in [5.41, 5.74) is 1.04. The summed E-state index contributed by atoms with van der Waals surface area (Å²) in [6.45, 7) is 3.97. The molecule has 0 aromatic heterocycles. The number of hydrogen-bond acceptors (Lipinski definition) is 4. The van der Waals surface area contributed by atoms with Crippen molar-refractivity contribution in [2.45, 2.75) is 39.1 Å². The van der Waals surface area contributed by atoms with Crippen LogP contribution in [-0.4, -0.2) is 18.5 Å². The molecule has 0 radical (unpaired) electrons. The van der Waals surface area contributed by atoms with Gasteiger partial charge in [0.2, 0.25) is 6.29 Å². The minimum atomic E-state index is -0.763. The lowest BCUT2D eigenvalue weighted by Gasteiger charge is -2.21. The molecule has 2 aromatic rings. The van der Waals surface area contributed by atoms with Gasteiger partial charge in [-0.25, -0.2) is 4.79 Å². The first-order valence-electron chi connectivity index (χ1n) is 7.80. The van der Waals surface area contributed by atoms with E-state index in [0.717, 1.165) is 12.0 Å². The summed E-state index contributed by atoms with van der Waals surface area (Å²) >= 11 is 0. The third kappa shape index (κ3) is 6.12. The maximum absolute atomic E-state index is 12.0. The Bertz CT molecular complexity index is 583. The molecule has 0 aliphatic rings. The van der Waals surface area contributed by atoms with Crippen LogP contribution in [-0.2, 0) is 15.9 Å². The van der Waals surface area contributed by atoms with E-state index < -0.39 is 12.4 Å². The van der Waals surface area contributed by atoms with Crippen molar-refractivity contribution in [2.75, 3.05) is 0 Å². The summed E-state index contributed by atoms with van der Waals surface area (Å²) in [7, 11) is 0. The lowest BCUT2D eigenvalue weighted by atomic mass is 10.1. The van der Waals surface area contributed by atoms with E-state index in [2.05, 4.69) is 0 Å². The predicted molar refractivity (Wildman–Crippen MR) is 88.3 cm³/mol. The molecule has 0 spiro atoms. The van der Waals surface area contributed by atoms with Gasteiger partial charge in [-0.15, -0.1) is 0 Å². The van der Waals surface area contributed by atoms with Gasteiger partial charge in [0.1, 0.15) is 5.75 Å². The maximum Gasteiger partial charge on any atom is 0.516 e. The van der Waals surface area contributed by atoms with Gasteiger partial charge < -0.3 is 14.2 Å². The van der Waals surface area contributed by atoms with E-state index in [-0.39, 0.29) is 6.10 Å². The minimum Gasteiger partial charge on any atom is -0.404 e. The van der Waals surface area contributed by atoms with Gasteiger partial charge >= 0.3 is 6.16 Å². The molecule has 0 heterocycles. The number of ether oxygens (including phenoxy) is 3. The van der Waals surface area contributed by atoms with Gasteiger partial charge in [-0.3, -0.25) is 0 Å². The lowest BCUT2D eigenvalue weighted by molar-refractivity contribution is -0.140. The Kier molecular flexibility index (Phi) is 6.63. The minimum absolute atomic E-state index is 0.00626. The molecule has 0 saturated carbocycles.